The van der Waals surface area contributed by atoms with Gasteiger partial charge in [-0.25, -0.2) is 0 Å². The predicted octanol–water partition coefficient (Wildman–Crippen LogP) is 6.77. The molecule has 0 aromatic carbocycles. The molecular formula is C28H52N2O2. The van der Waals surface area contributed by atoms with Crippen molar-refractivity contribution in [3.63, 3.8) is 0 Å². The van der Waals surface area contributed by atoms with E-state index >= 15 is 0 Å². The molecule has 4 nitrogen and oxygen atoms in total. The lowest BCUT2D eigenvalue weighted by Gasteiger charge is -2.37. The van der Waals surface area contributed by atoms with Crippen LogP contribution in [0.5, 0.6) is 0 Å². The molecule has 2 N–H and O–H groups in total. The molecule has 32 heavy (non-hydrogen) atoms. The van der Waals surface area contributed by atoms with Crippen LogP contribution >= 0.6 is 0 Å². The highest BCUT2D eigenvalue weighted by Gasteiger charge is 2.31. The third-order valence-corrected chi connectivity index (χ3v) is 8.19. The van der Waals surface area contributed by atoms with Crippen LogP contribution in [0.25, 0.3) is 0 Å². The molecule has 2 aliphatic rings. The fraction of sp³-hybridized carbons (Fsp3) is 0.929. The molecule has 2 amide bonds. The maximum absolute atomic E-state index is 12.3. The van der Waals surface area contributed by atoms with Crippen LogP contribution in [-0.2, 0) is 9.59 Å². The zero-order chi connectivity index (χ0) is 23.8. The van der Waals surface area contributed by atoms with Crippen LogP contribution in [0.3, 0.4) is 0 Å². The Morgan fingerprint density at radius 3 is 1.16 bits per heavy atom. The number of carbonyl (C=O) groups is 2. The van der Waals surface area contributed by atoms with E-state index in [1.807, 2.05) is 0 Å². The van der Waals surface area contributed by atoms with Gasteiger partial charge in [-0.2, -0.15) is 0 Å². The van der Waals surface area contributed by atoms with E-state index in [1.165, 1.54) is 25.7 Å². The van der Waals surface area contributed by atoms with Crippen LogP contribution < -0.4 is 10.6 Å². The van der Waals surface area contributed by atoms with Gasteiger partial charge in [0.05, 0.1) is 0 Å². The average molecular weight is 449 g/mol. The molecule has 0 heterocycles. The largest absolute Gasteiger partial charge is 0.353 e. The van der Waals surface area contributed by atoms with Gasteiger partial charge in [-0.1, -0.05) is 54.4 Å². The quantitative estimate of drug-likeness (QED) is 0.382. The third kappa shape index (κ3) is 9.83. The lowest BCUT2D eigenvalue weighted by atomic mass is 9.71. The summed E-state index contributed by atoms with van der Waals surface area (Å²) in [5, 5.41) is 6.51. The first-order valence-electron chi connectivity index (χ1n) is 13.5. The van der Waals surface area contributed by atoms with Gasteiger partial charge in [-0.05, 0) is 86.9 Å². The Balaban J connectivity index is 1.46. The number of nitrogens with one attached hydrogen (secondary N) is 2. The van der Waals surface area contributed by atoms with E-state index in [9.17, 15) is 9.59 Å². The van der Waals surface area contributed by atoms with Gasteiger partial charge in [0, 0.05) is 24.9 Å². The van der Waals surface area contributed by atoms with Crippen molar-refractivity contribution >= 4 is 11.8 Å². The van der Waals surface area contributed by atoms with E-state index in [1.54, 1.807) is 0 Å². The van der Waals surface area contributed by atoms with Gasteiger partial charge in [0.25, 0.3) is 0 Å². The zero-order valence-electron chi connectivity index (χ0n) is 22.0. The predicted molar refractivity (Wildman–Crippen MR) is 134 cm³/mol. The SMILES string of the molecule is CC(C)(C)C1CCC(NC(=O)CCCCCCC(=O)NC2CCC(C(C)(C)C)CC2)CC1. The summed E-state index contributed by atoms with van der Waals surface area (Å²) >= 11 is 0. The highest BCUT2D eigenvalue weighted by atomic mass is 16.2. The fourth-order valence-corrected chi connectivity index (χ4v) is 5.73. The number of hydrogen-bond acceptors (Lipinski definition) is 2. The topological polar surface area (TPSA) is 58.2 Å². The van der Waals surface area contributed by atoms with Crippen LogP contribution in [-0.4, -0.2) is 23.9 Å². The second kappa shape index (κ2) is 12.4. The van der Waals surface area contributed by atoms with Crippen molar-refractivity contribution in [2.75, 3.05) is 0 Å². The fourth-order valence-electron chi connectivity index (χ4n) is 5.73. The Morgan fingerprint density at radius 2 is 0.875 bits per heavy atom. The van der Waals surface area contributed by atoms with Crippen molar-refractivity contribution in [1.29, 1.82) is 0 Å². The average Bonchev–Trinajstić information content (AvgIpc) is 2.70. The minimum Gasteiger partial charge on any atom is -0.353 e. The summed E-state index contributed by atoms with van der Waals surface area (Å²) in [4.78, 5) is 24.5. The van der Waals surface area contributed by atoms with Crippen LogP contribution in [0, 0.1) is 22.7 Å². The summed E-state index contributed by atoms with van der Waals surface area (Å²) in [5.41, 5.74) is 0.773. The van der Waals surface area contributed by atoms with Crippen LogP contribution in [0.4, 0.5) is 0 Å². The van der Waals surface area contributed by atoms with Crippen molar-refractivity contribution in [2.24, 2.45) is 22.7 Å². The van der Waals surface area contributed by atoms with Crippen molar-refractivity contribution in [1.82, 2.24) is 10.6 Å². The van der Waals surface area contributed by atoms with E-state index < -0.39 is 0 Å². The molecular weight excluding hydrogens is 396 g/mol. The van der Waals surface area contributed by atoms with Crippen molar-refractivity contribution in [2.45, 2.75) is 144 Å². The molecule has 0 aliphatic heterocycles. The molecule has 0 saturated heterocycles. The van der Waals surface area contributed by atoms with E-state index in [0.717, 1.165) is 63.2 Å². The highest BCUT2D eigenvalue weighted by Crippen LogP contribution is 2.38. The second-order valence-corrected chi connectivity index (χ2v) is 12.9. The molecule has 0 radical (unpaired) electrons. The number of amides is 2. The van der Waals surface area contributed by atoms with Crippen molar-refractivity contribution in [3.8, 4) is 0 Å². The van der Waals surface area contributed by atoms with Gasteiger partial charge in [0.1, 0.15) is 0 Å². The zero-order valence-corrected chi connectivity index (χ0v) is 22.0. The molecule has 0 aromatic heterocycles. The molecule has 2 fully saturated rings. The molecule has 0 atom stereocenters. The monoisotopic (exact) mass is 448 g/mol. The molecule has 2 saturated carbocycles. The van der Waals surface area contributed by atoms with Gasteiger partial charge in [0.2, 0.25) is 11.8 Å². The lowest BCUT2D eigenvalue weighted by molar-refractivity contribution is -0.123. The van der Waals surface area contributed by atoms with Crippen LogP contribution in [0.15, 0.2) is 0 Å². The maximum Gasteiger partial charge on any atom is 0.220 e. The molecule has 4 heteroatoms. The van der Waals surface area contributed by atoms with Gasteiger partial charge < -0.3 is 10.6 Å². The molecule has 2 rings (SSSR count). The smallest absolute Gasteiger partial charge is 0.220 e. The summed E-state index contributed by atoms with van der Waals surface area (Å²) in [6.45, 7) is 14.0. The number of rotatable bonds is 9. The van der Waals surface area contributed by atoms with E-state index in [4.69, 9.17) is 0 Å². The molecule has 0 spiro atoms. The van der Waals surface area contributed by atoms with Gasteiger partial charge >= 0.3 is 0 Å². The lowest BCUT2D eigenvalue weighted by Crippen LogP contribution is -2.39. The van der Waals surface area contributed by atoms with Gasteiger partial charge in [-0.15, -0.1) is 0 Å². The summed E-state index contributed by atoms with van der Waals surface area (Å²) < 4.78 is 0. The molecule has 0 unspecified atom stereocenters. The van der Waals surface area contributed by atoms with E-state index in [0.29, 0.717) is 35.8 Å². The van der Waals surface area contributed by atoms with Crippen LogP contribution in [0.2, 0.25) is 0 Å². The normalized spacial score (nSPS) is 27.1. The van der Waals surface area contributed by atoms with Gasteiger partial charge in [-0.3, -0.25) is 9.59 Å². The first kappa shape index (κ1) is 27.2. The Bertz CT molecular complexity index is 519. The van der Waals surface area contributed by atoms with Crippen molar-refractivity contribution in [3.05, 3.63) is 0 Å². The van der Waals surface area contributed by atoms with Gasteiger partial charge in [0.15, 0.2) is 0 Å². The van der Waals surface area contributed by atoms with Crippen molar-refractivity contribution < 1.29 is 9.59 Å². The minimum absolute atomic E-state index is 0.216. The first-order valence-corrected chi connectivity index (χ1v) is 13.5. The summed E-state index contributed by atoms with van der Waals surface area (Å²) in [7, 11) is 0. The third-order valence-electron chi connectivity index (χ3n) is 8.19. The Labute approximate surface area is 198 Å². The number of carbonyl (C=O) groups excluding carboxylic acids is 2. The Kier molecular flexibility index (Phi) is 10.5. The Morgan fingerprint density at radius 1 is 0.562 bits per heavy atom. The standard InChI is InChI=1S/C28H52N2O2/c1-27(2,3)21-13-17-23(18-14-21)29-25(31)11-9-7-8-10-12-26(32)30-24-19-15-22(16-20-24)28(4,5)6/h21-24H,7-20H2,1-6H3,(H,29,31)(H,30,32). The Hall–Kier alpha value is -1.06. The molecule has 186 valence electrons. The molecule has 0 bridgehead atoms. The maximum atomic E-state index is 12.3. The van der Waals surface area contributed by atoms with E-state index in [2.05, 4.69) is 52.2 Å². The second-order valence-electron chi connectivity index (χ2n) is 12.9. The number of unbranched alkanes of at least 4 members (excludes halogenated alkanes) is 3. The van der Waals surface area contributed by atoms with Crippen LogP contribution in [0.1, 0.15) is 131 Å². The highest BCUT2D eigenvalue weighted by molar-refractivity contribution is 5.76. The number of hydrogen-bond donors (Lipinski definition) is 2. The first-order chi connectivity index (χ1) is 14.9. The van der Waals surface area contributed by atoms with E-state index in [-0.39, 0.29) is 11.8 Å². The molecule has 0 aromatic rings. The summed E-state index contributed by atoms with van der Waals surface area (Å²) in [5.74, 6) is 2.00. The minimum atomic E-state index is 0.216. The molecule has 2 aliphatic carbocycles. The summed E-state index contributed by atoms with van der Waals surface area (Å²) in [6.07, 6.45) is 14.6. The summed E-state index contributed by atoms with van der Waals surface area (Å²) in [6, 6.07) is 0.756.